The molecule has 3 rings (SSSR count). The Bertz CT molecular complexity index is 773. The van der Waals surface area contributed by atoms with Crippen LogP contribution in [-0.4, -0.2) is 53.1 Å². The molecule has 2 atom stereocenters. The molecule has 2 N–H and O–H groups in total. The van der Waals surface area contributed by atoms with Crippen LogP contribution in [0, 0.1) is 11.8 Å². The molecule has 2 aromatic heterocycles. The molecule has 2 aromatic rings. The van der Waals surface area contributed by atoms with Gasteiger partial charge in [-0.25, -0.2) is 22.7 Å². The van der Waals surface area contributed by atoms with E-state index in [1.54, 1.807) is 11.2 Å². The van der Waals surface area contributed by atoms with Gasteiger partial charge in [-0.1, -0.05) is 6.92 Å². The van der Waals surface area contributed by atoms with Crippen LogP contribution in [0.1, 0.15) is 20.3 Å². The summed E-state index contributed by atoms with van der Waals surface area (Å²) in [6, 6.07) is 1.94. The highest BCUT2D eigenvalue weighted by Gasteiger charge is 2.31. The molecule has 0 aromatic carbocycles. The van der Waals surface area contributed by atoms with Crippen molar-refractivity contribution in [2.24, 2.45) is 11.8 Å². The molecule has 0 unspecified atom stereocenters. The number of nitrogens with zero attached hydrogens (tertiary/aromatic N) is 3. The maximum absolute atomic E-state index is 12.1. The molecule has 126 valence electrons. The average Bonchev–Trinajstić information content (AvgIpc) is 3.03. The maximum Gasteiger partial charge on any atom is 0.213 e. The third kappa shape index (κ3) is 3.32. The second-order valence-electron chi connectivity index (χ2n) is 6.13. The van der Waals surface area contributed by atoms with E-state index in [-0.39, 0.29) is 11.7 Å². The van der Waals surface area contributed by atoms with E-state index < -0.39 is 10.0 Å². The first-order chi connectivity index (χ1) is 11.0. The van der Waals surface area contributed by atoms with Gasteiger partial charge in [-0.3, -0.25) is 0 Å². The summed E-state index contributed by atoms with van der Waals surface area (Å²) < 4.78 is 25.8. The summed E-state index contributed by atoms with van der Waals surface area (Å²) in [7, 11) is -3.11. The van der Waals surface area contributed by atoms with Gasteiger partial charge < -0.3 is 10.3 Å². The zero-order valence-electron chi connectivity index (χ0n) is 13.5. The Morgan fingerprint density at radius 1 is 1.43 bits per heavy atom. The molecule has 23 heavy (non-hydrogen) atoms. The molecule has 8 heteroatoms. The van der Waals surface area contributed by atoms with Crippen LogP contribution in [-0.2, 0) is 10.0 Å². The van der Waals surface area contributed by atoms with Crippen molar-refractivity contribution in [2.75, 3.05) is 30.7 Å². The third-order valence-corrected chi connectivity index (χ3v) is 6.57. The highest BCUT2D eigenvalue weighted by molar-refractivity contribution is 7.89. The lowest BCUT2D eigenvalue weighted by Crippen LogP contribution is -2.45. The molecule has 1 saturated heterocycles. The van der Waals surface area contributed by atoms with Gasteiger partial charge >= 0.3 is 0 Å². The normalized spacial score (nSPS) is 23.2. The number of sulfonamides is 1. The lowest BCUT2D eigenvalue weighted by molar-refractivity contribution is 0.207. The van der Waals surface area contributed by atoms with Crippen molar-refractivity contribution in [3.63, 3.8) is 0 Å². The van der Waals surface area contributed by atoms with E-state index in [4.69, 9.17) is 0 Å². The molecule has 0 saturated carbocycles. The summed E-state index contributed by atoms with van der Waals surface area (Å²) in [6.07, 6.45) is 4.26. The minimum Gasteiger partial charge on any atom is -0.369 e. The van der Waals surface area contributed by atoms with Crippen LogP contribution < -0.4 is 5.32 Å². The Morgan fingerprint density at radius 2 is 2.26 bits per heavy atom. The summed E-state index contributed by atoms with van der Waals surface area (Å²) >= 11 is 0. The Labute approximate surface area is 136 Å². The largest absolute Gasteiger partial charge is 0.369 e. The van der Waals surface area contributed by atoms with Crippen molar-refractivity contribution in [3.05, 3.63) is 18.6 Å². The van der Waals surface area contributed by atoms with E-state index in [1.807, 2.05) is 12.3 Å². The lowest BCUT2D eigenvalue weighted by Gasteiger charge is -2.36. The number of rotatable bonds is 5. The third-order valence-electron chi connectivity index (χ3n) is 4.72. The molecular weight excluding hydrogens is 314 g/mol. The maximum atomic E-state index is 12.1. The predicted octanol–water partition coefficient (Wildman–Crippen LogP) is 1.68. The standard InChI is InChI=1S/C15H23N5O2S/c1-3-23(21,22)20-7-5-11(2)12(9-20)8-17-15-13-4-6-16-14(13)18-10-19-15/h4,6,10-12H,3,5,7-9H2,1-2H3,(H2,16,17,18,19)/t11-,12-/m1/s1. The molecule has 1 aliphatic rings. The molecule has 0 aliphatic carbocycles. The lowest BCUT2D eigenvalue weighted by atomic mass is 9.88. The van der Waals surface area contributed by atoms with Gasteiger partial charge in [-0.05, 0) is 31.2 Å². The van der Waals surface area contributed by atoms with Crippen LogP contribution in [0.2, 0.25) is 0 Å². The molecule has 1 fully saturated rings. The average molecular weight is 337 g/mol. The van der Waals surface area contributed by atoms with Crippen LogP contribution in [0.5, 0.6) is 0 Å². The highest BCUT2D eigenvalue weighted by Crippen LogP contribution is 2.26. The van der Waals surface area contributed by atoms with Gasteiger partial charge in [0, 0.05) is 25.8 Å². The van der Waals surface area contributed by atoms with Crippen molar-refractivity contribution in [2.45, 2.75) is 20.3 Å². The van der Waals surface area contributed by atoms with Crippen molar-refractivity contribution in [1.82, 2.24) is 19.3 Å². The van der Waals surface area contributed by atoms with Crippen LogP contribution in [0.15, 0.2) is 18.6 Å². The molecule has 0 bridgehead atoms. The first-order valence-electron chi connectivity index (χ1n) is 8.01. The first-order valence-corrected chi connectivity index (χ1v) is 9.62. The van der Waals surface area contributed by atoms with Gasteiger partial charge in [0.05, 0.1) is 11.1 Å². The predicted molar refractivity (Wildman–Crippen MR) is 90.7 cm³/mol. The van der Waals surface area contributed by atoms with Crippen LogP contribution >= 0.6 is 0 Å². The van der Waals surface area contributed by atoms with Crippen molar-refractivity contribution in [1.29, 1.82) is 0 Å². The zero-order valence-corrected chi connectivity index (χ0v) is 14.3. The van der Waals surface area contributed by atoms with Crippen molar-refractivity contribution >= 4 is 26.9 Å². The second kappa shape index (κ2) is 6.45. The quantitative estimate of drug-likeness (QED) is 0.866. The number of nitrogens with one attached hydrogen (secondary N) is 2. The number of aromatic amines is 1. The summed E-state index contributed by atoms with van der Waals surface area (Å²) in [5.74, 6) is 1.71. The smallest absolute Gasteiger partial charge is 0.213 e. The molecule has 1 aliphatic heterocycles. The summed E-state index contributed by atoms with van der Waals surface area (Å²) in [5, 5.41) is 4.32. The van der Waals surface area contributed by atoms with Gasteiger partial charge in [-0.15, -0.1) is 0 Å². The minimum absolute atomic E-state index is 0.164. The van der Waals surface area contributed by atoms with Crippen molar-refractivity contribution < 1.29 is 8.42 Å². The van der Waals surface area contributed by atoms with Gasteiger partial charge in [0.1, 0.15) is 17.8 Å². The SMILES string of the molecule is CCS(=O)(=O)N1CC[C@@H](C)[C@H](CNc2ncnc3[nH]ccc23)C1. The number of hydrogen-bond acceptors (Lipinski definition) is 5. The second-order valence-corrected chi connectivity index (χ2v) is 8.39. The van der Waals surface area contributed by atoms with Crippen LogP contribution in [0.3, 0.4) is 0 Å². The first kappa shape index (κ1) is 16.2. The van der Waals surface area contributed by atoms with E-state index in [9.17, 15) is 8.42 Å². The topological polar surface area (TPSA) is 91.0 Å². The van der Waals surface area contributed by atoms with E-state index in [0.29, 0.717) is 25.6 Å². The van der Waals surface area contributed by atoms with Crippen LogP contribution in [0.25, 0.3) is 11.0 Å². The molecule has 0 radical (unpaired) electrons. The molecule has 3 heterocycles. The molecular formula is C15H23N5O2S. The van der Waals surface area contributed by atoms with E-state index in [0.717, 1.165) is 23.3 Å². The van der Waals surface area contributed by atoms with Gasteiger partial charge in [-0.2, -0.15) is 0 Å². The summed E-state index contributed by atoms with van der Waals surface area (Å²) in [4.78, 5) is 11.5. The van der Waals surface area contributed by atoms with Gasteiger partial charge in [0.25, 0.3) is 0 Å². The van der Waals surface area contributed by atoms with E-state index >= 15 is 0 Å². The van der Waals surface area contributed by atoms with Gasteiger partial charge in [0.15, 0.2) is 0 Å². The number of piperidine rings is 1. The number of anilines is 1. The Balaban J connectivity index is 1.70. The fourth-order valence-electron chi connectivity index (χ4n) is 3.06. The summed E-state index contributed by atoms with van der Waals surface area (Å²) in [6.45, 7) is 5.79. The zero-order chi connectivity index (χ0) is 16.4. The van der Waals surface area contributed by atoms with Crippen molar-refractivity contribution in [3.8, 4) is 0 Å². The van der Waals surface area contributed by atoms with E-state index in [1.165, 1.54) is 6.33 Å². The minimum atomic E-state index is -3.11. The number of aromatic nitrogens is 3. The monoisotopic (exact) mass is 337 g/mol. The van der Waals surface area contributed by atoms with Gasteiger partial charge in [0.2, 0.25) is 10.0 Å². The number of fused-ring (bicyclic) bond motifs is 1. The Kier molecular flexibility index (Phi) is 4.54. The fraction of sp³-hybridized carbons (Fsp3) is 0.600. The molecule has 0 spiro atoms. The fourth-order valence-corrected chi connectivity index (χ4v) is 4.23. The molecule has 7 nitrogen and oxygen atoms in total. The number of H-pyrrole nitrogens is 1. The van der Waals surface area contributed by atoms with Crippen LogP contribution in [0.4, 0.5) is 5.82 Å². The molecule has 0 amide bonds. The van der Waals surface area contributed by atoms with E-state index in [2.05, 4.69) is 27.2 Å². The summed E-state index contributed by atoms with van der Waals surface area (Å²) in [5.41, 5.74) is 0.800. The Hall–Kier alpha value is -1.67. The highest BCUT2D eigenvalue weighted by atomic mass is 32.2. The number of hydrogen-bond donors (Lipinski definition) is 2. The Morgan fingerprint density at radius 3 is 3.04 bits per heavy atom.